The van der Waals surface area contributed by atoms with E-state index < -0.39 is 65.4 Å². The van der Waals surface area contributed by atoms with Crippen LogP contribution in [0.2, 0.25) is 0 Å². The van der Waals surface area contributed by atoms with Crippen molar-refractivity contribution in [2.45, 2.75) is 82.3 Å². The average molecular weight is 464 g/mol. The molecular weight excluding hydrogens is 436 g/mol. The Morgan fingerprint density at radius 1 is 1.18 bits per heavy atom. The molecule has 0 amide bonds. The lowest BCUT2D eigenvalue weighted by atomic mass is 9.80. The van der Waals surface area contributed by atoms with Crippen LogP contribution in [0, 0.1) is 5.92 Å². The Morgan fingerprint density at radius 2 is 1.85 bits per heavy atom. The van der Waals surface area contributed by atoms with Crippen molar-refractivity contribution in [1.82, 2.24) is 0 Å². The maximum absolute atomic E-state index is 13.0. The molecule has 10 heteroatoms. The Hall–Kier alpha value is -2.72. The molecule has 0 bridgehead atoms. The molecule has 8 atom stereocenters. The molecule has 0 saturated carbocycles. The van der Waals surface area contributed by atoms with Gasteiger partial charge < -0.3 is 28.4 Å². The van der Waals surface area contributed by atoms with Crippen LogP contribution in [0.25, 0.3) is 0 Å². The van der Waals surface area contributed by atoms with Crippen LogP contribution in [-0.2, 0) is 47.6 Å². The summed E-state index contributed by atoms with van der Waals surface area (Å²) in [6.45, 7) is 10.2. The third-order valence-corrected chi connectivity index (χ3v) is 6.97. The highest BCUT2D eigenvalue weighted by Gasteiger charge is 2.65. The molecule has 0 N–H and O–H groups in total. The van der Waals surface area contributed by atoms with Gasteiger partial charge in [-0.2, -0.15) is 0 Å². The van der Waals surface area contributed by atoms with Gasteiger partial charge in [-0.15, -0.1) is 0 Å². The molecule has 3 fully saturated rings. The largest absolute Gasteiger partial charge is 0.466 e. The fourth-order valence-corrected chi connectivity index (χ4v) is 4.66. The summed E-state index contributed by atoms with van der Waals surface area (Å²) in [6, 6.07) is 0. The molecule has 0 aromatic carbocycles. The Labute approximate surface area is 191 Å². The van der Waals surface area contributed by atoms with Crippen LogP contribution in [0.5, 0.6) is 0 Å². The number of carbonyl (C=O) groups excluding carboxylic acids is 4. The standard InChI is InChI=1S/C23H28O10/c1-10-14-16(29-12(3)24)15(31-21(27)23(5)11(2)32-23)13(20(26)28-6)8-7-9-22(4)18(33-22)17(14)30-19(10)25/h8,11,14-18H,1,7,9H2,2-6H3/b13-8+/t11-,14+,15-,16-,17-,18+,22+,23-/m0/s1. The van der Waals surface area contributed by atoms with Crippen LogP contribution in [0.1, 0.15) is 40.5 Å². The van der Waals surface area contributed by atoms with E-state index in [2.05, 4.69) is 6.58 Å². The van der Waals surface area contributed by atoms with E-state index in [1.807, 2.05) is 6.92 Å². The third-order valence-electron chi connectivity index (χ3n) is 6.97. The van der Waals surface area contributed by atoms with Crippen LogP contribution < -0.4 is 0 Å². The summed E-state index contributed by atoms with van der Waals surface area (Å²) < 4.78 is 33.1. The Bertz CT molecular complexity index is 953. The maximum atomic E-state index is 13.0. The number of ether oxygens (including phenoxy) is 6. The number of rotatable bonds is 4. The van der Waals surface area contributed by atoms with Gasteiger partial charge >= 0.3 is 23.9 Å². The van der Waals surface area contributed by atoms with E-state index in [1.54, 1.807) is 19.9 Å². The van der Waals surface area contributed by atoms with Gasteiger partial charge in [0.05, 0.1) is 30.3 Å². The maximum Gasteiger partial charge on any atom is 0.341 e. The van der Waals surface area contributed by atoms with Gasteiger partial charge in [0.25, 0.3) is 0 Å². The first-order chi connectivity index (χ1) is 15.4. The zero-order chi connectivity index (χ0) is 24.3. The monoisotopic (exact) mass is 464 g/mol. The molecule has 0 radical (unpaired) electrons. The van der Waals surface area contributed by atoms with Crippen molar-refractivity contribution < 1.29 is 47.6 Å². The quantitative estimate of drug-likeness (QED) is 0.258. The van der Waals surface area contributed by atoms with E-state index in [0.29, 0.717) is 12.8 Å². The normalized spacial score (nSPS) is 43.1. The van der Waals surface area contributed by atoms with Crippen molar-refractivity contribution in [1.29, 1.82) is 0 Å². The van der Waals surface area contributed by atoms with E-state index in [1.165, 1.54) is 14.0 Å². The van der Waals surface area contributed by atoms with Gasteiger partial charge in [0.1, 0.15) is 12.2 Å². The topological polar surface area (TPSA) is 130 Å². The molecule has 3 saturated heterocycles. The highest BCUT2D eigenvalue weighted by atomic mass is 16.7. The fourth-order valence-electron chi connectivity index (χ4n) is 4.66. The second-order valence-electron chi connectivity index (χ2n) is 9.23. The highest BCUT2D eigenvalue weighted by molar-refractivity contribution is 5.93. The number of methoxy groups -OCH3 is 1. The molecule has 0 unspecified atom stereocenters. The molecule has 10 nitrogen and oxygen atoms in total. The van der Waals surface area contributed by atoms with Crippen LogP contribution in [0.4, 0.5) is 0 Å². The van der Waals surface area contributed by atoms with Gasteiger partial charge in [0.15, 0.2) is 17.8 Å². The zero-order valence-corrected chi connectivity index (χ0v) is 19.2. The predicted octanol–water partition coefficient (Wildman–Crippen LogP) is 1.16. The summed E-state index contributed by atoms with van der Waals surface area (Å²) in [5.74, 6) is -3.77. The van der Waals surface area contributed by atoms with Crippen molar-refractivity contribution in [3.8, 4) is 0 Å². The summed E-state index contributed by atoms with van der Waals surface area (Å²) in [6.07, 6.45) is -1.86. The van der Waals surface area contributed by atoms with Crippen LogP contribution >= 0.6 is 0 Å². The van der Waals surface area contributed by atoms with Crippen molar-refractivity contribution in [2.75, 3.05) is 7.11 Å². The molecule has 0 aromatic heterocycles. The first-order valence-electron chi connectivity index (χ1n) is 10.8. The second-order valence-corrected chi connectivity index (χ2v) is 9.23. The molecule has 33 heavy (non-hydrogen) atoms. The Morgan fingerprint density at radius 3 is 2.42 bits per heavy atom. The number of epoxide rings is 2. The van der Waals surface area contributed by atoms with Crippen molar-refractivity contribution in [3.63, 3.8) is 0 Å². The number of esters is 4. The lowest BCUT2D eigenvalue weighted by molar-refractivity contribution is -0.174. The van der Waals surface area contributed by atoms with Crippen molar-refractivity contribution >= 4 is 23.9 Å². The number of allylic oxidation sites excluding steroid dienone is 1. The summed E-state index contributed by atoms with van der Waals surface area (Å²) in [5, 5.41) is 0. The number of hydrogen-bond donors (Lipinski definition) is 0. The van der Waals surface area contributed by atoms with E-state index in [0.717, 1.165) is 0 Å². The molecule has 4 rings (SSSR count). The summed E-state index contributed by atoms with van der Waals surface area (Å²) in [4.78, 5) is 50.4. The summed E-state index contributed by atoms with van der Waals surface area (Å²) >= 11 is 0. The van der Waals surface area contributed by atoms with Crippen LogP contribution in [-0.4, -0.2) is 72.7 Å². The van der Waals surface area contributed by atoms with Crippen molar-refractivity contribution in [2.24, 2.45) is 5.92 Å². The highest BCUT2D eigenvalue weighted by Crippen LogP contribution is 2.51. The van der Waals surface area contributed by atoms with Crippen LogP contribution in [0.15, 0.2) is 23.8 Å². The smallest absolute Gasteiger partial charge is 0.341 e. The minimum Gasteiger partial charge on any atom is -0.466 e. The molecule has 3 aliphatic heterocycles. The second kappa shape index (κ2) is 7.95. The third kappa shape index (κ3) is 3.95. The number of carbonyl (C=O) groups is 4. The first kappa shape index (κ1) is 23.4. The molecule has 4 aliphatic rings. The fraction of sp³-hybridized carbons (Fsp3) is 0.652. The minimum absolute atomic E-state index is 0.0115. The zero-order valence-electron chi connectivity index (χ0n) is 19.2. The first-order valence-corrected chi connectivity index (χ1v) is 10.8. The van der Waals surface area contributed by atoms with Gasteiger partial charge in [-0.3, -0.25) is 4.79 Å². The van der Waals surface area contributed by atoms with E-state index in [4.69, 9.17) is 28.4 Å². The molecule has 0 aromatic rings. The van der Waals surface area contributed by atoms with Crippen molar-refractivity contribution in [3.05, 3.63) is 23.8 Å². The molecule has 3 heterocycles. The van der Waals surface area contributed by atoms with E-state index >= 15 is 0 Å². The number of hydrogen-bond acceptors (Lipinski definition) is 10. The summed E-state index contributed by atoms with van der Waals surface area (Å²) in [5.41, 5.74) is -1.77. The minimum atomic E-state index is -1.39. The van der Waals surface area contributed by atoms with E-state index in [-0.39, 0.29) is 17.3 Å². The SMILES string of the molecule is C=C1C(=O)O[C@H]2[C@H]1[C@H](OC(C)=O)[C@@H](OC(=O)[C@@]1(C)O[C@H]1C)/C(C(=O)OC)=C\CC[C@@]1(C)O[C@H]21. The summed E-state index contributed by atoms with van der Waals surface area (Å²) in [7, 11) is 1.19. The predicted molar refractivity (Wildman–Crippen MR) is 110 cm³/mol. The molecule has 0 spiro atoms. The lowest BCUT2D eigenvalue weighted by Crippen LogP contribution is -2.49. The van der Waals surface area contributed by atoms with Crippen LogP contribution in [0.3, 0.4) is 0 Å². The van der Waals surface area contributed by atoms with Gasteiger partial charge in [0.2, 0.25) is 0 Å². The molecule has 180 valence electrons. The Balaban J connectivity index is 1.82. The molecular formula is C23H28O10. The average Bonchev–Trinajstić information content (AvgIpc) is 3.57. The van der Waals surface area contributed by atoms with Gasteiger partial charge in [0, 0.05) is 12.5 Å². The van der Waals surface area contributed by atoms with E-state index in [9.17, 15) is 19.2 Å². The lowest BCUT2D eigenvalue weighted by Gasteiger charge is -2.34. The molecule has 1 aliphatic carbocycles. The number of fused-ring (bicyclic) bond motifs is 3. The Kier molecular flexibility index (Phi) is 5.65. The van der Waals surface area contributed by atoms with Gasteiger partial charge in [-0.25, -0.2) is 14.4 Å². The van der Waals surface area contributed by atoms with Gasteiger partial charge in [-0.1, -0.05) is 12.7 Å². The van der Waals surface area contributed by atoms with Gasteiger partial charge in [-0.05, 0) is 33.6 Å².